The molecule has 1 aromatic heterocycles. The Morgan fingerprint density at radius 2 is 2.11 bits per heavy atom. The topological polar surface area (TPSA) is 88.8 Å². The van der Waals surface area contributed by atoms with Crippen molar-refractivity contribution in [2.45, 2.75) is 24.8 Å². The fourth-order valence-electron chi connectivity index (χ4n) is 2.15. The molecule has 19 heavy (non-hydrogen) atoms. The van der Waals surface area contributed by atoms with Crippen LogP contribution in [0.5, 0.6) is 0 Å². The number of hydrogen-bond donors (Lipinski definition) is 2. The number of furan rings is 1. The number of amides is 1. The highest BCUT2D eigenvalue weighted by Gasteiger charge is 2.37. The molecule has 7 heteroatoms. The van der Waals surface area contributed by atoms with Gasteiger partial charge in [-0.1, -0.05) is 0 Å². The molecule has 0 aromatic carbocycles. The maximum absolute atomic E-state index is 12.1. The molecule has 1 aromatic rings. The van der Waals surface area contributed by atoms with Crippen molar-refractivity contribution in [3.63, 3.8) is 0 Å². The van der Waals surface area contributed by atoms with Gasteiger partial charge in [0.2, 0.25) is 5.76 Å². The SMILES string of the molecule is O=C(O)CC1(NC(=O)c2occc2Br)CCOCC1. The highest BCUT2D eigenvalue weighted by Crippen LogP contribution is 2.26. The molecule has 1 saturated heterocycles. The van der Waals surface area contributed by atoms with Crippen molar-refractivity contribution in [2.24, 2.45) is 0 Å². The van der Waals surface area contributed by atoms with Gasteiger partial charge in [0, 0.05) is 13.2 Å². The zero-order valence-electron chi connectivity index (χ0n) is 10.1. The van der Waals surface area contributed by atoms with E-state index in [2.05, 4.69) is 21.2 Å². The molecule has 0 saturated carbocycles. The van der Waals surface area contributed by atoms with Gasteiger partial charge in [-0.2, -0.15) is 0 Å². The molecule has 6 nitrogen and oxygen atoms in total. The molecule has 0 spiro atoms. The molecule has 0 aliphatic carbocycles. The quantitative estimate of drug-likeness (QED) is 0.878. The lowest BCUT2D eigenvalue weighted by Gasteiger charge is -2.36. The van der Waals surface area contributed by atoms with E-state index in [0.29, 0.717) is 30.5 Å². The molecule has 0 atom stereocenters. The molecule has 0 bridgehead atoms. The van der Waals surface area contributed by atoms with E-state index in [1.807, 2.05) is 0 Å². The molecule has 0 unspecified atom stereocenters. The molecule has 2 rings (SSSR count). The zero-order valence-corrected chi connectivity index (χ0v) is 11.7. The number of ether oxygens (including phenoxy) is 1. The first-order valence-electron chi connectivity index (χ1n) is 5.87. The van der Waals surface area contributed by atoms with Gasteiger partial charge < -0.3 is 19.6 Å². The Kier molecular flexibility index (Phi) is 4.26. The monoisotopic (exact) mass is 331 g/mol. The van der Waals surface area contributed by atoms with Crippen LogP contribution in [-0.2, 0) is 9.53 Å². The molecule has 1 aliphatic heterocycles. The van der Waals surface area contributed by atoms with E-state index in [-0.39, 0.29) is 12.2 Å². The van der Waals surface area contributed by atoms with Crippen LogP contribution in [0.3, 0.4) is 0 Å². The Morgan fingerprint density at radius 3 is 2.63 bits per heavy atom. The third-order valence-corrected chi connectivity index (χ3v) is 3.77. The number of carboxylic acid groups (broad SMARTS) is 1. The average Bonchev–Trinajstić information content (AvgIpc) is 2.75. The normalized spacial score (nSPS) is 17.9. The lowest BCUT2D eigenvalue weighted by molar-refractivity contribution is -0.139. The van der Waals surface area contributed by atoms with Crippen LogP contribution in [0.25, 0.3) is 0 Å². The highest BCUT2D eigenvalue weighted by molar-refractivity contribution is 9.10. The van der Waals surface area contributed by atoms with Crippen molar-refractivity contribution in [3.05, 3.63) is 22.6 Å². The Morgan fingerprint density at radius 1 is 1.42 bits per heavy atom. The number of aliphatic carboxylic acids is 1. The molecular weight excluding hydrogens is 318 g/mol. The van der Waals surface area contributed by atoms with Crippen molar-refractivity contribution in [2.75, 3.05) is 13.2 Å². The molecule has 104 valence electrons. The summed E-state index contributed by atoms with van der Waals surface area (Å²) in [6.07, 6.45) is 2.22. The minimum Gasteiger partial charge on any atom is -0.481 e. The molecule has 1 fully saturated rings. The summed E-state index contributed by atoms with van der Waals surface area (Å²) in [7, 11) is 0. The molecule has 1 amide bonds. The maximum Gasteiger partial charge on any atom is 0.305 e. The lowest BCUT2D eigenvalue weighted by atomic mass is 9.86. The molecule has 2 heterocycles. The van der Waals surface area contributed by atoms with Crippen LogP contribution >= 0.6 is 15.9 Å². The van der Waals surface area contributed by atoms with E-state index < -0.39 is 17.4 Å². The predicted molar refractivity (Wildman–Crippen MR) is 68.9 cm³/mol. The number of rotatable bonds is 4. The minimum absolute atomic E-state index is 0.125. The van der Waals surface area contributed by atoms with Crippen molar-refractivity contribution >= 4 is 27.8 Å². The number of nitrogens with one attached hydrogen (secondary N) is 1. The smallest absolute Gasteiger partial charge is 0.305 e. The Labute approximate surface area is 118 Å². The first-order valence-corrected chi connectivity index (χ1v) is 6.67. The molecular formula is C12H14BrNO5. The fourth-order valence-corrected chi connectivity index (χ4v) is 2.53. The Bertz CT molecular complexity index is 478. The van der Waals surface area contributed by atoms with Gasteiger partial charge >= 0.3 is 5.97 Å². The summed E-state index contributed by atoms with van der Waals surface area (Å²) >= 11 is 3.20. The summed E-state index contributed by atoms with van der Waals surface area (Å²) in [6, 6.07) is 1.61. The fraction of sp³-hybridized carbons (Fsp3) is 0.500. The number of carboxylic acids is 1. The van der Waals surface area contributed by atoms with E-state index in [1.165, 1.54) is 6.26 Å². The first-order chi connectivity index (χ1) is 9.02. The van der Waals surface area contributed by atoms with Crippen LogP contribution in [0.4, 0.5) is 0 Å². The maximum atomic E-state index is 12.1. The van der Waals surface area contributed by atoms with Crippen LogP contribution in [0.2, 0.25) is 0 Å². The van der Waals surface area contributed by atoms with E-state index >= 15 is 0 Å². The summed E-state index contributed by atoms with van der Waals surface area (Å²) in [6.45, 7) is 0.875. The summed E-state index contributed by atoms with van der Waals surface area (Å²) < 4.78 is 10.8. The van der Waals surface area contributed by atoms with E-state index in [1.54, 1.807) is 6.07 Å². The van der Waals surface area contributed by atoms with Gasteiger partial charge in [0.15, 0.2) is 0 Å². The second-order valence-electron chi connectivity index (χ2n) is 4.52. The van der Waals surface area contributed by atoms with Gasteiger partial charge in [-0.15, -0.1) is 0 Å². The van der Waals surface area contributed by atoms with E-state index in [9.17, 15) is 9.59 Å². The predicted octanol–water partition coefficient (Wildman–Crippen LogP) is 1.80. The summed E-state index contributed by atoms with van der Waals surface area (Å²) in [5.41, 5.74) is -0.770. The largest absolute Gasteiger partial charge is 0.481 e. The second-order valence-corrected chi connectivity index (χ2v) is 5.37. The lowest BCUT2D eigenvalue weighted by Crippen LogP contribution is -2.53. The number of carbonyl (C=O) groups is 2. The highest BCUT2D eigenvalue weighted by atomic mass is 79.9. The standard InChI is InChI=1S/C12H14BrNO5/c13-8-1-4-19-10(8)11(17)14-12(7-9(15)16)2-5-18-6-3-12/h1,4H,2-3,5-7H2,(H,14,17)(H,15,16). The zero-order chi connectivity index (χ0) is 13.9. The van der Waals surface area contributed by atoms with Crippen molar-refractivity contribution in [1.29, 1.82) is 0 Å². The Balaban J connectivity index is 2.14. The van der Waals surface area contributed by atoms with Crippen LogP contribution < -0.4 is 5.32 Å². The summed E-state index contributed by atoms with van der Waals surface area (Å²) in [4.78, 5) is 23.1. The van der Waals surface area contributed by atoms with Crippen LogP contribution in [0.15, 0.2) is 21.2 Å². The molecule has 2 N–H and O–H groups in total. The van der Waals surface area contributed by atoms with Crippen LogP contribution in [-0.4, -0.2) is 35.7 Å². The third kappa shape index (κ3) is 3.36. The number of halogens is 1. The molecule has 1 aliphatic rings. The summed E-state index contributed by atoms with van der Waals surface area (Å²) in [5.74, 6) is -1.21. The van der Waals surface area contributed by atoms with Crippen LogP contribution in [0.1, 0.15) is 29.8 Å². The van der Waals surface area contributed by atoms with Gasteiger partial charge in [-0.05, 0) is 34.8 Å². The van der Waals surface area contributed by atoms with E-state index in [4.69, 9.17) is 14.3 Å². The Hall–Kier alpha value is -1.34. The number of carbonyl (C=O) groups excluding carboxylic acids is 1. The van der Waals surface area contributed by atoms with Crippen molar-refractivity contribution in [3.8, 4) is 0 Å². The third-order valence-electron chi connectivity index (χ3n) is 3.14. The van der Waals surface area contributed by atoms with Crippen molar-refractivity contribution in [1.82, 2.24) is 5.32 Å². The van der Waals surface area contributed by atoms with Gasteiger partial charge in [-0.25, -0.2) is 0 Å². The summed E-state index contributed by atoms with van der Waals surface area (Å²) in [5, 5.41) is 11.8. The van der Waals surface area contributed by atoms with Crippen molar-refractivity contribution < 1.29 is 23.8 Å². The van der Waals surface area contributed by atoms with Gasteiger partial charge in [-0.3, -0.25) is 9.59 Å². The first kappa shape index (κ1) is 14.1. The van der Waals surface area contributed by atoms with Gasteiger partial charge in [0.25, 0.3) is 5.91 Å². The molecule has 0 radical (unpaired) electrons. The van der Waals surface area contributed by atoms with Crippen LogP contribution in [0, 0.1) is 0 Å². The van der Waals surface area contributed by atoms with E-state index in [0.717, 1.165) is 0 Å². The second kappa shape index (κ2) is 5.75. The number of hydrogen-bond acceptors (Lipinski definition) is 4. The van der Waals surface area contributed by atoms with Gasteiger partial charge in [0.05, 0.1) is 22.7 Å². The average molecular weight is 332 g/mol. The van der Waals surface area contributed by atoms with Gasteiger partial charge in [0.1, 0.15) is 0 Å². The minimum atomic E-state index is -0.944.